The van der Waals surface area contributed by atoms with Gasteiger partial charge in [-0.25, -0.2) is 0 Å². The van der Waals surface area contributed by atoms with Gasteiger partial charge in [0.05, 0.1) is 0 Å². The first-order chi connectivity index (χ1) is 2.27. The molecule has 1 atom stereocenters. The van der Waals surface area contributed by atoms with Gasteiger partial charge in [0.25, 0.3) is 0 Å². The second-order valence-electron chi connectivity index (χ2n) is 1.07. The standard InChI is InChI=1S/C3H8P.Sc/c1-3-4-2;/h3H2,1-2H3;/q-1;+1. The maximum atomic E-state index is 2.31. The molecule has 0 aliphatic rings. The average Bonchev–Trinajstić information content (AvgIpc) is 1.38. The van der Waals surface area contributed by atoms with Gasteiger partial charge in [0.1, 0.15) is 0 Å². The van der Waals surface area contributed by atoms with Crippen LogP contribution >= 0.6 is 5.27 Å². The van der Waals surface area contributed by atoms with E-state index in [1.807, 2.05) is 23.8 Å². The predicted molar refractivity (Wildman–Crippen MR) is 23.4 cm³/mol. The van der Waals surface area contributed by atoms with E-state index in [1.165, 1.54) is 6.16 Å². The molecular weight excluding hydrogens is 112 g/mol. The molecule has 0 bridgehead atoms. The van der Waals surface area contributed by atoms with Crippen molar-refractivity contribution in [2.24, 2.45) is 0 Å². The zero-order chi connectivity index (χ0) is 4.28. The molecule has 0 aromatic carbocycles. The molecule has 2 heteroatoms. The summed E-state index contributed by atoms with van der Waals surface area (Å²) >= 11 is 1.90. The minimum atomic E-state index is 0.464. The maximum absolute atomic E-state index is 2.31. The third-order valence-electron chi connectivity index (χ3n) is 0.499. The first-order valence-corrected chi connectivity index (χ1v) is 6.19. The number of rotatable bonds is 1. The molecule has 0 nitrogen and oxygen atoms in total. The van der Waals surface area contributed by atoms with Crippen molar-refractivity contribution in [2.75, 3.05) is 12.8 Å². The van der Waals surface area contributed by atoms with Crippen LogP contribution in [0.4, 0.5) is 0 Å². The van der Waals surface area contributed by atoms with Gasteiger partial charge in [-0.2, -0.15) is 0 Å². The molecule has 0 heterocycles. The van der Waals surface area contributed by atoms with Crippen LogP contribution in [0.2, 0.25) is 0 Å². The van der Waals surface area contributed by atoms with Crippen molar-refractivity contribution < 1.29 is 23.8 Å². The molecule has 0 aromatic heterocycles. The summed E-state index contributed by atoms with van der Waals surface area (Å²) < 4.78 is 0. The van der Waals surface area contributed by atoms with Gasteiger partial charge in [-0.05, 0) is 0 Å². The Bertz CT molecular complexity index is 20.9. The van der Waals surface area contributed by atoms with E-state index in [4.69, 9.17) is 0 Å². The van der Waals surface area contributed by atoms with Gasteiger partial charge in [-0.3, -0.25) is 0 Å². The SMILES string of the molecule is CC[P](C)[Sc]. The fourth-order valence-corrected chi connectivity index (χ4v) is 0. The van der Waals surface area contributed by atoms with Crippen LogP contribution in [0.3, 0.4) is 0 Å². The Morgan fingerprint density at radius 2 is 2.00 bits per heavy atom. The van der Waals surface area contributed by atoms with E-state index in [0.717, 1.165) is 0 Å². The summed E-state index contributed by atoms with van der Waals surface area (Å²) in [5.41, 5.74) is 0. The van der Waals surface area contributed by atoms with E-state index in [9.17, 15) is 0 Å². The average molecular weight is 120 g/mol. The Kier molecular flexibility index (Phi) is 4.40. The molecule has 0 aromatic rings. The van der Waals surface area contributed by atoms with Crippen LogP contribution < -0.4 is 0 Å². The third-order valence-corrected chi connectivity index (χ3v) is 3.21. The van der Waals surface area contributed by atoms with Crippen molar-refractivity contribution in [1.29, 1.82) is 0 Å². The molecule has 0 spiro atoms. The Morgan fingerprint density at radius 3 is 2.00 bits per heavy atom. The number of hydrogen-bond acceptors (Lipinski definition) is 0. The predicted octanol–water partition coefficient (Wildman–Crippen LogP) is 1.58. The molecule has 0 fully saturated rings. The van der Waals surface area contributed by atoms with Gasteiger partial charge in [-0.15, -0.1) is 0 Å². The molecule has 0 rings (SSSR count). The molecule has 28 valence electrons. The molecule has 0 aliphatic carbocycles. The normalized spacial score (nSPS) is 14.6. The van der Waals surface area contributed by atoms with Crippen LogP contribution in [-0.2, 0) is 23.8 Å². The van der Waals surface area contributed by atoms with Crippen molar-refractivity contribution in [3.8, 4) is 0 Å². The Hall–Kier alpha value is 1.30. The molecule has 0 saturated carbocycles. The van der Waals surface area contributed by atoms with Crippen LogP contribution in [0.25, 0.3) is 0 Å². The molecule has 1 unspecified atom stereocenters. The summed E-state index contributed by atoms with van der Waals surface area (Å²) in [7, 11) is 0. The molecule has 0 N–H and O–H groups in total. The molecule has 0 amide bonds. The van der Waals surface area contributed by atoms with Crippen molar-refractivity contribution in [3.63, 3.8) is 0 Å². The van der Waals surface area contributed by atoms with Crippen LogP contribution in [-0.4, -0.2) is 12.8 Å². The minimum absolute atomic E-state index is 0.464. The number of hydrogen-bond donors (Lipinski definition) is 0. The Morgan fingerprint density at radius 1 is 1.80 bits per heavy atom. The van der Waals surface area contributed by atoms with E-state index in [0.29, 0.717) is 5.27 Å². The van der Waals surface area contributed by atoms with Gasteiger partial charge < -0.3 is 0 Å². The van der Waals surface area contributed by atoms with E-state index in [1.54, 1.807) is 0 Å². The summed E-state index contributed by atoms with van der Waals surface area (Å²) in [6.45, 7) is 4.56. The van der Waals surface area contributed by atoms with Gasteiger partial charge in [0.2, 0.25) is 0 Å². The second-order valence-corrected chi connectivity index (χ2v) is 7.35. The summed E-state index contributed by atoms with van der Waals surface area (Å²) in [6, 6.07) is 0. The molecule has 5 heavy (non-hydrogen) atoms. The van der Waals surface area contributed by atoms with E-state index >= 15 is 0 Å². The fraction of sp³-hybridized carbons (Fsp3) is 1.00. The van der Waals surface area contributed by atoms with Crippen LogP contribution in [0.5, 0.6) is 0 Å². The van der Waals surface area contributed by atoms with E-state index in [2.05, 4.69) is 13.6 Å². The van der Waals surface area contributed by atoms with Crippen LogP contribution in [0, 0.1) is 0 Å². The quantitative estimate of drug-likeness (QED) is 0.461. The topological polar surface area (TPSA) is 0 Å². The van der Waals surface area contributed by atoms with Crippen LogP contribution in [0.15, 0.2) is 0 Å². The van der Waals surface area contributed by atoms with Gasteiger partial charge in [0.15, 0.2) is 0 Å². The zero-order valence-corrected chi connectivity index (χ0v) is 6.43. The molecule has 0 saturated heterocycles. The fourth-order valence-electron chi connectivity index (χ4n) is 0. The van der Waals surface area contributed by atoms with Gasteiger partial charge in [0, 0.05) is 0 Å². The first kappa shape index (κ1) is 6.30. The van der Waals surface area contributed by atoms with Crippen molar-refractivity contribution in [1.82, 2.24) is 0 Å². The Labute approximate surface area is 48.9 Å². The van der Waals surface area contributed by atoms with Gasteiger partial charge in [-0.1, -0.05) is 0 Å². The second kappa shape index (κ2) is 3.49. The Balaban J connectivity index is 2.54. The summed E-state index contributed by atoms with van der Waals surface area (Å²) in [4.78, 5) is 0. The molecule has 0 aliphatic heterocycles. The van der Waals surface area contributed by atoms with Crippen molar-refractivity contribution in [3.05, 3.63) is 0 Å². The third kappa shape index (κ3) is 5.30. The molecular formula is C3H8PSc. The van der Waals surface area contributed by atoms with Crippen molar-refractivity contribution in [2.45, 2.75) is 6.92 Å². The summed E-state index contributed by atoms with van der Waals surface area (Å²) in [5.74, 6) is 0. The van der Waals surface area contributed by atoms with E-state index < -0.39 is 0 Å². The summed E-state index contributed by atoms with van der Waals surface area (Å²) in [6.07, 6.45) is 1.40. The van der Waals surface area contributed by atoms with Crippen LogP contribution in [0.1, 0.15) is 6.92 Å². The monoisotopic (exact) mass is 120 g/mol. The first-order valence-electron chi connectivity index (χ1n) is 1.73. The van der Waals surface area contributed by atoms with Crippen molar-refractivity contribution >= 4 is 5.27 Å². The zero-order valence-electron chi connectivity index (χ0n) is 3.73. The molecule has 0 radical (unpaired) electrons. The van der Waals surface area contributed by atoms with Gasteiger partial charge >= 0.3 is 48.8 Å². The van der Waals surface area contributed by atoms with E-state index in [-0.39, 0.29) is 0 Å². The summed E-state index contributed by atoms with van der Waals surface area (Å²) in [5, 5.41) is 0.464.